The number of amides is 1. The molecule has 1 aliphatic heterocycles. The molecular weight excluding hydrogens is 383 g/mol. The van der Waals surface area contributed by atoms with Crippen LogP contribution in [0.5, 0.6) is 0 Å². The van der Waals surface area contributed by atoms with E-state index < -0.39 is 0 Å². The first-order valence-corrected chi connectivity index (χ1v) is 11.2. The third-order valence-electron chi connectivity index (χ3n) is 5.48. The number of anilines is 1. The minimum Gasteiger partial charge on any atom is -0.367 e. The molecule has 3 rings (SSSR count). The van der Waals surface area contributed by atoms with Crippen molar-refractivity contribution in [3.63, 3.8) is 0 Å². The second-order valence-electron chi connectivity index (χ2n) is 7.89. The summed E-state index contributed by atoms with van der Waals surface area (Å²) >= 11 is 0. The monoisotopic (exact) mass is 418 g/mol. The maximum absolute atomic E-state index is 13.9. The van der Waals surface area contributed by atoms with Gasteiger partial charge in [0.2, 0.25) is 5.91 Å². The molecular formula is C22H35FN6O. The van der Waals surface area contributed by atoms with E-state index in [-0.39, 0.29) is 17.6 Å². The van der Waals surface area contributed by atoms with E-state index in [1.807, 2.05) is 19.1 Å². The van der Waals surface area contributed by atoms with Gasteiger partial charge in [0.1, 0.15) is 5.82 Å². The quantitative estimate of drug-likeness (QED) is 0.305. The van der Waals surface area contributed by atoms with Gasteiger partial charge >= 0.3 is 0 Å². The summed E-state index contributed by atoms with van der Waals surface area (Å²) in [5, 5.41) is 9.47. The number of carbonyl (C=O) groups is 1. The molecule has 0 unspecified atom stereocenters. The Hall–Kier alpha value is -2.35. The molecule has 1 aromatic carbocycles. The molecule has 7 nitrogen and oxygen atoms in total. The van der Waals surface area contributed by atoms with Crippen LogP contribution in [0.25, 0.3) is 0 Å². The zero-order chi connectivity index (χ0) is 21.2. The standard InChI is InChI=1S/C22H35FN6O/c1-2-24-22(27-12-11-25-21(30)18-8-9-18)26-10-5-13-28-14-16-29(17-15-28)20-7-4-3-6-19(20)23/h3-4,6-7,18H,2,5,8-17H2,1H3,(H,25,30)(H2,24,26,27). The van der Waals surface area contributed by atoms with Gasteiger partial charge in [-0.2, -0.15) is 0 Å². The summed E-state index contributed by atoms with van der Waals surface area (Å²) in [6.07, 6.45) is 3.04. The van der Waals surface area contributed by atoms with Gasteiger partial charge in [-0.1, -0.05) is 12.1 Å². The molecule has 1 heterocycles. The van der Waals surface area contributed by atoms with Crippen LogP contribution in [0.4, 0.5) is 10.1 Å². The number of piperazine rings is 1. The van der Waals surface area contributed by atoms with Crippen LogP contribution in [-0.4, -0.2) is 75.7 Å². The Kier molecular flexibility index (Phi) is 8.74. The Morgan fingerprint density at radius 3 is 2.53 bits per heavy atom. The van der Waals surface area contributed by atoms with Gasteiger partial charge in [-0.3, -0.25) is 14.7 Å². The molecule has 1 saturated heterocycles. The molecule has 2 fully saturated rings. The maximum Gasteiger partial charge on any atom is 0.223 e. The maximum atomic E-state index is 13.9. The zero-order valence-corrected chi connectivity index (χ0v) is 18.0. The smallest absolute Gasteiger partial charge is 0.223 e. The van der Waals surface area contributed by atoms with E-state index in [2.05, 4.69) is 30.7 Å². The molecule has 1 aromatic rings. The lowest BCUT2D eigenvalue weighted by Gasteiger charge is -2.36. The first-order valence-electron chi connectivity index (χ1n) is 11.2. The van der Waals surface area contributed by atoms with Gasteiger partial charge in [-0.05, 0) is 38.3 Å². The van der Waals surface area contributed by atoms with Gasteiger partial charge in [0.15, 0.2) is 5.96 Å². The number of rotatable bonds is 10. The van der Waals surface area contributed by atoms with Crippen molar-refractivity contribution in [2.24, 2.45) is 10.9 Å². The molecule has 2 aliphatic rings. The Morgan fingerprint density at radius 1 is 1.10 bits per heavy atom. The first kappa shape index (κ1) is 22.3. The van der Waals surface area contributed by atoms with E-state index >= 15 is 0 Å². The largest absolute Gasteiger partial charge is 0.367 e. The zero-order valence-electron chi connectivity index (χ0n) is 18.0. The third-order valence-corrected chi connectivity index (χ3v) is 5.48. The number of hydrogen-bond acceptors (Lipinski definition) is 4. The summed E-state index contributed by atoms with van der Waals surface area (Å²) in [4.78, 5) is 20.8. The predicted octanol–water partition coefficient (Wildman–Crippen LogP) is 1.42. The van der Waals surface area contributed by atoms with Gasteiger partial charge in [0, 0.05) is 64.8 Å². The lowest BCUT2D eigenvalue weighted by molar-refractivity contribution is -0.122. The highest BCUT2D eigenvalue weighted by molar-refractivity contribution is 5.81. The summed E-state index contributed by atoms with van der Waals surface area (Å²) in [5.41, 5.74) is 0.705. The van der Waals surface area contributed by atoms with Crippen molar-refractivity contribution in [2.45, 2.75) is 26.2 Å². The molecule has 0 bridgehead atoms. The molecule has 0 spiro atoms. The number of nitrogens with one attached hydrogen (secondary N) is 3. The van der Waals surface area contributed by atoms with E-state index in [1.165, 1.54) is 6.07 Å². The molecule has 1 saturated carbocycles. The van der Waals surface area contributed by atoms with Crippen LogP contribution in [0.2, 0.25) is 0 Å². The molecule has 1 aliphatic carbocycles. The van der Waals surface area contributed by atoms with Crippen molar-refractivity contribution in [3.8, 4) is 0 Å². The lowest BCUT2D eigenvalue weighted by Crippen LogP contribution is -2.47. The second-order valence-corrected chi connectivity index (χ2v) is 7.89. The topological polar surface area (TPSA) is 72.0 Å². The summed E-state index contributed by atoms with van der Waals surface area (Å²) in [6, 6.07) is 7.00. The summed E-state index contributed by atoms with van der Waals surface area (Å²) < 4.78 is 13.9. The summed E-state index contributed by atoms with van der Waals surface area (Å²) in [7, 11) is 0. The highest BCUT2D eigenvalue weighted by Gasteiger charge is 2.29. The second kappa shape index (κ2) is 11.7. The highest BCUT2D eigenvalue weighted by atomic mass is 19.1. The molecule has 3 N–H and O–H groups in total. The minimum atomic E-state index is -0.143. The van der Waals surface area contributed by atoms with Gasteiger partial charge < -0.3 is 20.9 Å². The Bertz CT molecular complexity index is 701. The van der Waals surface area contributed by atoms with Crippen LogP contribution in [0.15, 0.2) is 29.3 Å². The number of guanidine groups is 1. The van der Waals surface area contributed by atoms with Gasteiger partial charge in [-0.25, -0.2) is 4.39 Å². The SMILES string of the molecule is CCNC(=NCCCN1CCN(c2ccccc2F)CC1)NCCNC(=O)C1CC1. The number of para-hydroxylation sites is 1. The normalized spacial score (nSPS) is 17.7. The van der Waals surface area contributed by atoms with Crippen LogP contribution in [0.3, 0.4) is 0 Å². The van der Waals surface area contributed by atoms with E-state index in [0.717, 1.165) is 71.0 Å². The number of benzene rings is 1. The van der Waals surface area contributed by atoms with Crippen LogP contribution in [-0.2, 0) is 4.79 Å². The van der Waals surface area contributed by atoms with Crippen molar-refractivity contribution in [1.82, 2.24) is 20.9 Å². The lowest BCUT2D eigenvalue weighted by atomic mass is 10.2. The Balaban J connectivity index is 1.30. The number of aliphatic imine (C=N–C) groups is 1. The molecule has 0 atom stereocenters. The molecule has 166 valence electrons. The van der Waals surface area contributed by atoms with Crippen molar-refractivity contribution >= 4 is 17.6 Å². The number of halogens is 1. The Labute approximate surface area is 179 Å². The van der Waals surface area contributed by atoms with Crippen LogP contribution in [0, 0.1) is 11.7 Å². The summed E-state index contributed by atoms with van der Waals surface area (Å²) in [5.74, 6) is 1.08. The molecule has 30 heavy (non-hydrogen) atoms. The van der Waals surface area contributed by atoms with Gasteiger partial charge in [0.25, 0.3) is 0 Å². The third kappa shape index (κ3) is 7.16. The average Bonchev–Trinajstić information content (AvgIpc) is 3.60. The van der Waals surface area contributed by atoms with Crippen LogP contribution in [0.1, 0.15) is 26.2 Å². The van der Waals surface area contributed by atoms with E-state index in [9.17, 15) is 9.18 Å². The fourth-order valence-electron chi connectivity index (χ4n) is 3.60. The average molecular weight is 419 g/mol. The van der Waals surface area contributed by atoms with Crippen molar-refractivity contribution < 1.29 is 9.18 Å². The predicted molar refractivity (Wildman–Crippen MR) is 119 cm³/mol. The van der Waals surface area contributed by atoms with Crippen LogP contribution < -0.4 is 20.9 Å². The van der Waals surface area contributed by atoms with Crippen molar-refractivity contribution in [3.05, 3.63) is 30.1 Å². The van der Waals surface area contributed by atoms with E-state index in [1.54, 1.807) is 6.07 Å². The minimum absolute atomic E-state index is 0.143. The fraction of sp³-hybridized carbons (Fsp3) is 0.636. The fourth-order valence-corrected chi connectivity index (χ4v) is 3.60. The van der Waals surface area contributed by atoms with Crippen molar-refractivity contribution in [2.75, 3.05) is 63.8 Å². The van der Waals surface area contributed by atoms with E-state index in [4.69, 9.17) is 0 Å². The van der Waals surface area contributed by atoms with E-state index in [0.29, 0.717) is 18.8 Å². The van der Waals surface area contributed by atoms with Gasteiger partial charge in [0.05, 0.1) is 5.69 Å². The number of carbonyl (C=O) groups excluding carboxylic acids is 1. The Morgan fingerprint density at radius 2 is 1.83 bits per heavy atom. The molecule has 1 amide bonds. The van der Waals surface area contributed by atoms with Crippen molar-refractivity contribution in [1.29, 1.82) is 0 Å². The summed E-state index contributed by atoms with van der Waals surface area (Å²) in [6.45, 7) is 9.45. The van der Waals surface area contributed by atoms with Gasteiger partial charge in [-0.15, -0.1) is 0 Å². The molecule has 0 radical (unpaired) electrons. The van der Waals surface area contributed by atoms with Crippen LogP contribution >= 0.6 is 0 Å². The molecule has 0 aromatic heterocycles. The highest BCUT2D eigenvalue weighted by Crippen LogP contribution is 2.28. The molecule has 8 heteroatoms. The number of hydrogen-bond donors (Lipinski definition) is 3. The first-order chi connectivity index (χ1) is 14.7. The number of nitrogens with zero attached hydrogens (tertiary/aromatic N) is 3.